The fourth-order valence-electron chi connectivity index (χ4n) is 5.85. The third kappa shape index (κ3) is 11.6. The first-order valence-corrected chi connectivity index (χ1v) is 17.4. The Kier molecular flexibility index (Phi) is 13.7. The molecule has 0 unspecified atom stereocenters. The highest BCUT2D eigenvalue weighted by molar-refractivity contribution is 5.86. The minimum atomic E-state index is -1.08. The second-order valence-electron chi connectivity index (χ2n) is 13.0. The van der Waals surface area contributed by atoms with Gasteiger partial charge in [0.05, 0.1) is 23.4 Å². The second-order valence-corrected chi connectivity index (χ2v) is 13.0. The third-order valence-corrected chi connectivity index (χ3v) is 8.59. The van der Waals surface area contributed by atoms with E-state index in [1.807, 2.05) is 105 Å². The lowest BCUT2D eigenvalue weighted by Crippen LogP contribution is -2.54. The number of nitrogens with one attached hydrogen (secondary N) is 3. The van der Waals surface area contributed by atoms with E-state index in [1.54, 1.807) is 30.6 Å². The number of aromatic nitrogens is 2. The van der Waals surface area contributed by atoms with Gasteiger partial charge in [0.1, 0.15) is 19.3 Å². The van der Waals surface area contributed by atoms with Gasteiger partial charge in [0.15, 0.2) is 0 Å². The van der Waals surface area contributed by atoms with Gasteiger partial charge < -0.3 is 30.5 Å². The zero-order chi connectivity index (χ0) is 36.7. The van der Waals surface area contributed by atoms with Crippen molar-refractivity contribution in [2.45, 2.75) is 70.6 Å². The first kappa shape index (κ1) is 37.4. The Morgan fingerprint density at radius 3 is 2.02 bits per heavy atom. The molecule has 0 fully saturated rings. The molecule has 4 atom stereocenters. The molecule has 3 amide bonds. The number of ether oxygens (including phenoxy) is 2. The average Bonchev–Trinajstić information content (AvgIpc) is 3.16. The standard InChI is InChI=1S/C41H45N5O6/c1-28(2)38(46-41(50)52-27-33-20-19-32-17-9-10-18-35(32)43-33)39(48)44-34(22-29-12-5-3-6-13-29)24-37(47)36(23-30-14-7-4-8-15-30)45-40(49)51-26-31-16-11-21-42-25-31/h3-21,25,28,34,36-38,47H,22-24,26-27H2,1-2H3,(H,44,48)(H,45,49)(H,46,50)/t34-,36-,37-,38-/m0/s1. The molecule has 0 saturated carbocycles. The molecule has 270 valence electrons. The van der Waals surface area contributed by atoms with Gasteiger partial charge >= 0.3 is 12.2 Å². The predicted octanol–water partition coefficient (Wildman–Crippen LogP) is 5.90. The van der Waals surface area contributed by atoms with Gasteiger partial charge in [-0.2, -0.15) is 0 Å². The van der Waals surface area contributed by atoms with Crippen molar-refractivity contribution in [1.29, 1.82) is 0 Å². The van der Waals surface area contributed by atoms with Crippen LogP contribution in [0, 0.1) is 5.92 Å². The number of pyridine rings is 2. The summed E-state index contributed by atoms with van der Waals surface area (Å²) in [5.74, 6) is -0.705. The number of carbonyl (C=O) groups excluding carboxylic acids is 3. The molecule has 5 aromatic rings. The number of carbonyl (C=O) groups is 3. The van der Waals surface area contributed by atoms with Crippen LogP contribution in [0.5, 0.6) is 0 Å². The Morgan fingerprint density at radius 1 is 0.692 bits per heavy atom. The number of hydrogen-bond acceptors (Lipinski definition) is 8. The molecule has 0 aliphatic rings. The first-order valence-electron chi connectivity index (χ1n) is 17.4. The quantitative estimate of drug-likeness (QED) is 0.0993. The summed E-state index contributed by atoms with van der Waals surface area (Å²) in [5.41, 5.74) is 3.95. The Bertz CT molecular complexity index is 1880. The summed E-state index contributed by atoms with van der Waals surface area (Å²) in [7, 11) is 0. The number of aliphatic hydroxyl groups excluding tert-OH is 1. The van der Waals surface area contributed by atoms with E-state index in [0.29, 0.717) is 18.5 Å². The molecule has 52 heavy (non-hydrogen) atoms. The lowest BCUT2D eigenvalue weighted by atomic mass is 9.93. The molecular weight excluding hydrogens is 658 g/mol. The smallest absolute Gasteiger partial charge is 0.408 e. The van der Waals surface area contributed by atoms with Gasteiger partial charge in [0.25, 0.3) is 0 Å². The normalized spacial score (nSPS) is 13.4. The molecule has 0 saturated heterocycles. The monoisotopic (exact) mass is 703 g/mol. The number of aliphatic hydroxyl groups is 1. The molecule has 2 aromatic heterocycles. The van der Waals surface area contributed by atoms with Crippen LogP contribution in [0.25, 0.3) is 10.9 Å². The molecule has 11 heteroatoms. The van der Waals surface area contributed by atoms with Gasteiger partial charge in [0.2, 0.25) is 5.91 Å². The molecular formula is C41H45N5O6. The van der Waals surface area contributed by atoms with Crippen molar-refractivity contribution in [2.75, 3.05) is 0 Å². The highest BCUT2D eigenvalue weighted by atomic mass is 16.6. The van der Waals surface area contributed by atoms with Crippen LogP contribution in [0.1, 0.15) is 42.7 Å². The molecule has 11 nitrogen and oxygen atoms in total. The lowest BCUT2D eigenvalue weighted by molar-refractivity contribution is -0.125. The van der Waals surface area contributed by atoms with E-state index in [2.05, 4.69) is 25.9 Å². The first-order chi connectivity index (χ1) is 25.2. The Balaban J connectivity index is 1.26. The summed E-state index contributed by atoms with van der Waals surface area (Å²) < 4.78 is 10.9. The predicted molar refractivity (Wildman–Crippen MR) is 198 cm³/mol. The zero-order valence-corrected chi connectivity index (χ0v) is 29.4. The molecule has 0 aliphatic heterocycles. The summed E-state index contributed by atoms with van der Waals surface area (Å²) in [5, 5.41) is 21.3. The van der Waals surface area contributed by atoms with Gasteiger partial charge in [-0.15, -0.1) is 0 Å². The summed E-state index contributed by atoms with van der Waals surface area (Å²) in [6.45, 7) is 3.61. The molecule has 0 aliphatic carbocycles. The van der Waals surface area contributed by atoms with Crippen LogP contribution < -0.4 is 16.0 Å². The van der Waals surface area contributed by atoms with Crippen LogP contribution in [0.15, 0.2) is 122 Å². The Morgan fingerprint density at radius 2 is 1.33 bits per heavy atom. The molecule has 5 rings (SSSR count). The van der Waals surface area contributed by atoms with Crippen molar-refractivity contribution in [3.05, 3.63) is 144 Å². The maximum absolute atomic E-state index is 13.8. The van der Waals surface area contributed by atoms with Gasteiger partial charge in [-0.25, -0.2) is 14.6 Å². The number of nitrogens with zero attached hydrogens (tertiary/aromatic N) is 2. The van der Waals surface area contributed by atoms with E-state index in [0.717, 1.165) is 27.6 Å². The van der Waals surface area contributed by atoms with Crippen LogP contribution >= 0.6 is 0 Å². The van der Waals surface area contributed by atoms with Gasteiger partial charge in [-0.05, 0) is 54.5 Å². The second kappa shape index (κ2) is 19.0. The van der Waals surface area contributed by atoms with Crippen LogP contribution in [0.3, 0.4) is 0 Å². The average molecular weight is 704 g/mol. The topological polar surface area (TPSA) is 152 Å². The van der Waals surface area contributed by atoms with Crippen molar-refractivity contribution in [3.8, 4) is 0 Å². The van der Waals surface area contributed by atoms with Gasteiger partial charge in [-0.3, -0.25) is 9.78 Å². The number of amides is 3. The van der Waals surface area contributed by atoms with E-state index in [-0.39, 0.29) is 25.6 Å². The van der Waals surface area contributed by atoms with E-state index in [9.17, 15) is 19.5 Å². The molecule has 4 N–H and O–H groups in total. The Labute approximate surface area is 303 Å². The van der Waals surface area contributed by atoms with Crippen LogP contribution in [0.2, 0.25) is 0 Å². The summed E-state index contributed by atoms with van der Waals surface area (Å²) in [6.07, 6.45) is 1.56. The van der Waals surface area contributed by atoms with Gasteiger partial charge in [0, 0.05) is 29.4 Å². The lowest BCUT2D eigenvalue weighted by Gasteiger charge is -2.30. The molecule has 0 bridgehead atoms. The SMILES string of the molecule is CC(C)[C@H](NC(=O)OCc1ccc2ccccc2n1)C(=O)N[C@@H](Cc1ccccc1)C[C@H](O)[C@H](Cc1ccccc1)NC(=O)OCc1cccnc1. The maximum Gasteiger partial charge on any atom is 0.408 e. The minimum Gasteiger partial charge on any atom is -0.445 e. The number of alkyl carbamates (subject to hydrolysis) is 2. The Hall–Kier alpha value is -5.81. The highest BCUT2D eigenvalue weighted by Gasteiger charge is 2.30. The third-order valence-electron chi connectivity index (χ3n) is 8.59. The molecule has 3 aromatic carbocycles. The molecule has 2 heterocycles. The van der Waals surface area contributed by atoms with Crippen LogP contribution in [-0.4, -0.2) is 57.4 Å². The van der Waals surface area contributed by atoms with Crippen molar-refractivity contribution >= 4 is 29.0 Å². The molecule has 0 radical (unpaired) electrons. The fourth-order valence-corrected chi connectivity index (χ4v) is 5.85. The fraction of sp³-hybridized carbons (Fsp3) is 0.293. The van der Waals surface area contributed by atoms with E-state index in [1.165, 1.54) is 0 Å². The number of hydrogen-bond donors (Lipinski definition) is 4. The number of fused-ring (bicyclic) bond motifs is 1. The molecule has 0 spiro atoms. The summed E-state index contributed by atoms with van der Waals surface area (Å²) in [4.78, 5) is 48.3. The van der Waals surface area contributed by atoms with Crippen molar-refractivity contribution in [2.24, 2.45) is 5.92 Å². The maximum atomic E-state index is 13.8. The van der Waals surface area contributed by atoms with Crippen molar-refractivity contribution in [3.63, 3.8) is 0 Å². The minimum absolute atomic E-state index is 0.0192. The summed E-state index contributed by atoms with van der Waals surface area (Å²) >= 11 is 0. The zero-order valence-electron chi connectivity index (χ0n) is 29.4. The number of rotatable bonds is 16. The number of benzene rings is 3. The van der Waals surface area contributed by atoms with Crippen molar-refractivity contribution < 1.29 is 29.0 Å². The van der Waals surface area contributed by atoms with E-state index in [4.69, 9.17) is 9.47 Å². The number of para-hydroxylation sites is 1. The van der Waals surface area contributed by atoms with Gasteiger partial charge in [-0.1, -0.05) is 105 Å². The van der Waals surface area contributed by atoms with E-state index >= 15 is 0 Å². The van der Waals surface area contributed by atoms with Crippen LogP contribution in [-0.2, 0) is 40.3 Å². The summed E-state index contributed by atoms with van der Waals surface area (Å²) in [6, 6.07) is 31.8. The van der Waals surface area contributed by atoms with Crippen LogP contribution in [0.4, 0.5) is 9.59 Å². The van der Waals surface area contributed by atoms with E-state index < -0.39 is 42.3 Å². The van der Waals surface area contributed by atoms with Crippen molar-refractivity contribution in [1.82, 2.24) is 25.9 Å². The highest BCUT2D eigenvalue weighted by Crippen LogP contribution is 2.16. The largest absolute Gasteiger partial charge is 0.445 e.